The van der Waals surface area contributed by atoms with Crippen LogP contribution in [-0.2, 0) is 35.2 Å². The molecule has 0 spiro atoms. The van der Waals surface area contributed by atoms with Crippen LogP contribution in [0, 0.1) is 0 Å². The molecule has 2 aromatic rings. The molecule has 2 N–H and O–H groups in total. The molecule has 0 aliphatic heterocycles. The molecule has 0 fully saturated rings. The number of carbonyl (C=O) groups is 1. The molecule has 0 unspecified atom stereocenters. The summed E-state index contributed by atoms with van der Waals surface area (Å²) in [6.07, 6.45) is 3.26. The first-order valence-corrected chi connectivity index (χ1v) is 10.0. The van der Waals surface area contributed by atoms with E-state index in [1.165, 1.54) is 18.2 Å². The maximum absolute atomic E-state index is 12.4. The first kappa shape index (κ1) is 17.6. The molecule has 25 heavy (non-hydrogen) atoms. The van der Waals surface area contributed by atoms with Crippen LogP contribution in [0.5, 0.6) is 0 Å². The van der Waals surface area contributed by atoms with E-state index in [1.807, 2.05) is 30.3 Å². The summed E-state index contributed by atoms with van der Waals surface area (Å²) in [5, 5.41) is 2.90. The third-order valence-electron chi connectivity index (χ3n) is 4.57. The molecular weight excluding hydrogens is 336 g/mol. The second-order valence-electron chi connectivity index (χ2n) is 6.25. The van der Waals surface area contributed by atoms with Gasteiger partial charge >= 0.3 is 0 Å². The number of hydrogen-bond donors (Lipinski definition) is 2. The number of rotatable bonds is 6. The Labute approximate surface area is 148 Å². The van der Waals surface area contributed by atoms with E-state index in [0.29, 0.717) is 17.7 Å². The van der Waals surface area contributed by atoms with Gasteiger partial charge in [0.2, 0.25) is 10.0 Å². The van der Waals surface area contributed by atoms with Crippen molar-refractivity contribution >= 4 is 15.9 Å². The molecular formula is C19H22N2O3S. The Bertz CT molecular complexity index is 891. The molecule has 0 radical (unpaired) electrons. The predicted octanol–water partition coefficient (Wildman–Crippen LogP) is 2.15. The lowest BCUT2D eigenvalue weighted by atomic mass is 10.1. The number of benzene rings is 2. The zero-order valence-electron chi connectivity index (χ0n) is 14.2. The fourth-order valence-electron chi connectivity index (χ4n) is 3.14. The van der Waals surface area contributed by atoms with E-state index in [9.17, 15) is 13.2 Å². The molecule has 0 saturated carbocycles. The van der Waals surface area contributed by atoms with E-state index in [2.05, 4.69) is 10.0 Å². The average molecular weight is 358 g/mol. The van der Waals surface area contributed by atoms with Crippen molar-refractivity contribution in [3.05, 3.63) is 70.3 Å². The summed E-state index contributed by atoms with van der Waals surface area (Å²) in [6, 6.07) is 13.1. The third-order valence-corrected chi connectivity index (χ3v) is 5.89. The number of aryl methyl sites for hydroxylation is 2. The van der Waals surface area contributed by atoms with Crippen LogP contribution in [-0.4, -0.2) is 21.4 Å². The molecule has 1 amide bonds. The number of amides is 1. The first-order valence-electron chi connectivity index (χ1n) is 8.36. The van der Waals surface area contributed by atoms with E-state index in [1.54, 1.807) is 12.1 Å². The van der Waals surface area contributed by atoms with Gasteiger partial charge in [0.1, 0.15) is 0 Å². The highest BCUT2D eigenvalue weighted by molar-refractivity contribution is 7.88. The van der Waals surface area contributed by atoms with Crippen molar-refractivity contribution in [2.45, 2.75) is 31.6 Å². The summed E-state index contributed by atoms with van der Waals surface area (Å²) >= 11 is 0. The number of sulfonamides is 1. The van der Waals surface area contributed by atoms with Gasteiger partial charge in [-0.3, -0.25) is 4.79 Å². The van der Waals surface area contributed by atoms with Crippen molar-refractivity contribution < 1.29 is 13.2 Å². The Morgan fingerprint density at radius 3 is 2.52 bits per heavy atom. The molecule has 0 heterocycles. The van der Waals surface area contributed by atoms with Crippen molar-refractivity contribution in [1.29, 1.82) is 0 Å². The SMILES string of the molecule is CNS(=O)(=O)Cc1ccccc1CNC(=O)c1ccc2c(c1)CCC2. The van der Waals surface area contributed by atoms with Gasteiger partial charge in [-0.1, -0.05) is 30.3 Å². The largest absolute Gasteiger partial charge is 0.348 e. The monoisotopic (exact) mass is 358 g/mol. The molecule has 3 rings (SSSR count). The second-order valence-corrected chi connectivity index (χ2v) is 8.18. The van der Waals surface area contributed by atoms with Crippen LogP contribution in [0.4, 0.5) is 0 Å². The van der Waals surface area contributed by atoms with Crippen LogP contribution in [0.3, 0.4) is 0 Å². The number of fused-ring (bicyclic) bond motifs is 1. The normalized spacial score (nSPS) is 13.5. The van der Waals surface area contributed by atoms with Crippen molar-refractivity contribution in [2.24, 2.45) is 0 Å². The Balaban J connectivity index is 1.70. The molecule has 0 aromatic heterocycles. The minimum Gasteiger partial charge on any atom is -0.348 e. The summed E-state index contributed by atoms with van der Waals surface area (Å²) < 4.78 is 25.9. The van der Waals surface area contributed by atoms with Crippen molar-refractivity contribution in [3.8, 4) is 0 Å². The van der Waals surface area contributed by atoms with Gasteiger partial charge in [-0.25, -0.2) is 13.1 Å². The van der Waals surface area contributed by atoms with Crippen LogP contribution in [0.25, 0.3) is 0 Å². The lowest BCUT2D eigenvalue weighted by molar-refractivity contribution is 0.0951. The van der Waals surface area contributed by atoms with E-state index < -0.39 is 10.0 Å². The van der Waals surface area contributed by atoms with Crippen LogP contribution < -0.4 is 10.0 Å². The van der Waals surface area contributed by atoms with Gasteiger partial charge in [-0.05, 0) is 60.7 Å². The van der Waals surface area contributed by atoms with Crippen LogP contribution in [0.1, 0.15) is 39.0 Å². The Kier molecular flexibility index (Phi) is 5.20. The molecule has 6 heteroatoms. The minimum atomic E-state index is -3.36. The fourth-order valence-corrected chi connectivity index (χ4v) is 3.97. The Hall–Kier alpha value is -2.18. The molecule has 0 saturated heterocycles. The molecule has 132 valence electrons. The number of nitrogens with one attached hydrogen (secondary N) is 2. The maximum atomic E-state index is 12.4. The molecule has 5 nitrogen and oxygen atoms in total. The van der Waals surface area contributed by atoms with Crippen molar-refractivity contribution in [3.63, 3.8) is 0 Å². The highest BCUT2D eigenvalue weighted by atomic mass is 32.2. The Morgan fingerprint density at radius 2 is 1.76 bits per heavy atom. The van der Waals surface area contributed by atoms with Crippen molar-refractivity contribution in [1.82, 2.24) is 10.0 Å². The summed E-state index contributed by atoms with van der Waals surface area (Å²) in [4.78, 5) is 12.4. The van der Waals surface area contributed by atoms with E-state index in [0.717, 1.165) is 24.8 Å². The molecule has 0 atom stereocenters. The first-order chi connectivity index (χ1) is 12.0. The van der Waals surface area contributed by atoms with Crippen LogP contribution in [0.2, 0.25) is 0 Å². The van der Waals surface area contributed by atoms with Gasteiger partial charge in [0, 0.05) is 12.1 Å². The van der Waals surface area contributed by atoms with Gasteiger partial charge < -0.3 is 5.32 Å². The highest BCUT2D eigenvalue weighted by Gasteiger charge is 2.15. The molecule has 2 aromatic carbocycles. The average Bonchev–Trinajstić information content (AvgIpc) is 3.08. The van der Waals surface area contributed by atoms with Crippen molar-refractivity contribution in [2.75, 3.05) is 7.05 Å². The lowest BCUT2D eigenvalue weighted by Gasteiger charge is -2.11. The standard InChI is InChI=1S/C19H22N2O3S/c1-20-25(23,24)13-18-6-3-2-5-17(18)12-21-19(22)16-10-9-14-7-4-8-15(14)11-16/h2-3,5-6,9-11,20H,4,7-8,12-13H2,1H3,(H,21,22). The van der Waals surface area contributed by atoms with Crippen LogP contribution in [0.15, 0.2) is 42.5 Å². The van der Waals surface area contributed by atoms with Gasteiger partial charge in [0.05, 0.1) is 5.75 Å². The van der Waals surface area contributed by atoms with Crippen LogP contribution >= 0.6 is 0 Å². The summed E-state index contributed by atoms with van der Waals surface area (Å²) in [5.74, 6) is -0.241. The third kappa shape index (κ3) is 4.27. The highest BCUT2D eigenvalue weighted by Crippen LogP contribution is 2.22. The van der Waals surface area contributed by atoms with Gasteiger partial charge in [-0.15, -0.1) is 0 Å². The van der Waals surface area contributed by atoms with Gasteiger partial charge in [0.25, 0.3) is 5.91 Å². The smallest absolute Gasteiger partial charge is 0.251 e. The summed E-state index contributed by atoms with van der Waals surface area (Å²) in [7, 11) is -1.96. The van der Waals surface area contributed by atoms with E-state index in [-0.39, 0.29) is 11.7 Å². The topological polar surface area (TPSA) is 75.3 Å². The number of hydrogen-bond acceptors (Lipinski definition) is 3. The Morgan fingerprint density at radius 1 is 1.04 bits per heavy atom. The summed E-state index contributed by atoms with van der Waals surface area (Å²) in [5.41, 5.74) is 4.73. The zero-order chi connectivity index (χ0) is 17.9. The lowest BCUT2D eigenvalue weighted by Crippen LogP contribution is -2.25. The predicted molar refractivity (Wildman–Crippen MR) is 97.8 cm³/mol. The second kappa shape index (κ2) is 7.37. The maximum Gasteiger partial charge on any atom is 0.251 e. The molecule has 0 bridgehead atoms. The van der Waals surface area contributed by atoms with Gasteiger partial charge in [-0.2, -0.15) is 0 Å². The fraction of sp³-hybridized carbons (Fsp3) is 0.316. The quantitative estimate of drug-likeness (QED) is 0.831. The number of carbonyl (C=O) groups excluding carboxylic acids is 1. The van der Waals surface area contributed by atoms with Gasteiger partial charge in [0.15, 0.2) is 0 Å². The molecule has 1 aliphatic carbocycles. The zero-order valence-corrected chi connectivity index (χ0v) is 15.0. The van der Waals surface area contributed by atoms with E-state index in [4.69, 9.17) is 0 Å². The molecule has 1 aliphatic rings. The minimum absolute atomic E-state index is 0.103. The summed E-state index contributed by atoms with van der Waals surface area (Å²) in [6.45, 7) is 0.297. The van der Waals surface area contributed by atoms with E-state index >= 15 is 0 Å².